The molecule has 0 amide bonds. The fourth-order valence-electron chi connectivity index (χ4n) is 3.04. The van der Waals surface area contributed by atoms with Crippen LogP contribution in [0.15, 0.2) is 59.3 Å². The zero-order valence-electron chi connectivity index (χ0n) is 13.4. The van der Waals surface area contributed by atoms with Gasteiger partial charge in [0.1, 0.15) is 11.5 Å². The summed E-state index contributed by atoms with van der Waals surface area (Å²) in [7, 11) is 3.46. The number of hydrogen-bond donors (Lipinski definition) is 0. The first-order valence-corrected chi connectivity index (χ1v) is 9.35. The van der Waals surface area contributed by atoms with E-state index in [0.717, 1.165) is 33.4 Å². The molecule has 2 aromatic carbocycles. The molecule has 0 fully saturated rings. The number of ether oxygens (including phenoxy) is 2. The quantitative estimate of drug-likeness (QED) is 0.428. The van der Waals surface area contributed by atoms with E-state index in [4.69, 9.17) is 9.47 Å². The number of hydrogen-bond acceptors (Lipinski definition) is 4. The minimum atomic E-state index is 0.894. The Bertz CT molecular complexity index is 889. The van der Waals surface area contributed by atoms with Gasteiger partial charge < -0.3 is 9.47 Å². The first-order chi connectivity index (χ1) is 11.8. The number of methoxy groups -OCH3 is 2. The summed E-state index contributed by atoms with van der Waals surface area (Å²) in [5.41, 5.74) is 2.23. The molecule has 0 aliphatic carbocycles. The second-order valence-corrected chi connectivity index (χ2v) is 7.24. The van der Waals surface area contributed by atoms with Crippen molar-refractivity contribution in [2.45, 2.75) is 0 Å². The van der Waals surface area contributed by atoms with Crippen molar-refractivity contribution in [2.24, 2.45) is 0 Å². The van der Waals surface area contributed by atoms with Crippen LogP contribution < -0.4 is 9.47 Å². The average Bonchev–Trinajstić information content (AvgIpc) is 3.32. The van der Waals surface area contributed by atoms with Crippen LogP contribution in [0.4, 0.5) is 0 Å². The molecule has 4 aromatic rings. The van der Waals surface area contributed by atoms with Crippen molar-refractivity contribution in [1.82, 2.24) is 0 Å². The topological polar surface area (TPSA) is 18.5 Å². The van der Waals surface area contributed by atoms with E-state index in [0.29, 0.717) is 0 Å². The van der Waals surface area contributed by atoms with Crippen molar-refractivity contribution in [1.29, 1.82) is 0 Å². The summed E-state index contributed by atoms with van der Waals surface area (Å²) < 4.78 is 11.5. The molecule has 0 saturated carbocycles. The summed E-state index contributed by atoms with van der Waals surface area (Å²) in [5, 5.41) is 6.31. The van der Waals surface area contributed by atoms with Gasteiger partial charge in [0.15, 0.2) is 0 Å². The molecule has 0 aliphatic heterocycles. The van der Waals surface area contributed by atoms with Crippen molar-refractivity contribution < 1.29 is 9.47 Å². The molecule has 0 aliphatic rings. The van der Waals surface area contributed by atoms with Crippen LogP contribution in [0.5, 0.6) is 11.5 Å². The van der Waals surface area contributed by atoms with E-state index in [1.54, 1.807) is 36.9 Å². The molecule has 2 aromatic heterocycles. The third kappa shape index (κ3) is 2.39. The number of benzene rings is 2. The summed E-state index contributed by atoms with van der Waals surface area (Å²) in [4.78, 5) is 2.41. The Labute approximate surface area is 148 Å². The molecule has 0 atom stereocenters. The van der Waals surface area contributed by atoms with Gasteiger partial charge in [-0.1, -0.05) is 12.1 Å². The van der Waals surface area contributed by atoms with Crippen LogP contribution in [0.2, 0.25) is 0 Å². The highest BCUT2D eigenvalue weighted by Gasteiger charge is 2.17. The summed E-state index contributed by atoms with van der Waals surface area (Å²) >= 11 is 3.43. The summed E-state index contributed by atoms with van der Waals surface area (Å²) in [6.07, 6.45) is 0. The van der Waals surface area contributed by atoms with Crippen LogP contribution in [0.1, 0.15) is 0 Å². The standard InChI is InChI=1S/C20H16O2S2/c1-21-19-13-7-10-16(18-6-4-12-24-18)20(22-2)14(13)8-9-15(19)17-5-3-11-23-17/h3-12H,1-2H3. The van der Waals surface area contributed by atoms with Gasteiger partial charge in [-0.2, -0.15) is 0 Å². The predicted molar refractivity (Wildman–Crippen MR) is 104 cm³/mol. The number of fused-ring (bicyclic) bond motifs is 1. The Morgan fingerprint density at radius 1 is 0.625 bits per heavy atom. The fraction of sp³-hybridized carbons (Fsp3) is 0.100. The SMILES string of the molecule is COc1c(-c2cccs2)ccc2c(OC)c(-c3cccs3)ccc12. The Kier molecular flexibility index (Phi) is 4.00. The molecular weight excluding hydrogens is 336 g/mol. The molecule has 0 unspecified atom stereocenters. The van der Waals surface area contributed by atoms with E-state index in [9.17, 15) is 0 Å². The Hall–Kier alpha value is -2.30. The third-order valence-electron chi connectivity index (χ3n) is 4.08. The monoisotopic (exact) mass is 352 g/mol. The molecule has 0 bridgehead atoms. The highest BCUT2D eigenvalue weighted by Crippen LogP contribution is 2.45. The molecule has 0 spiro atoms. The van der Waals surface area contributed by atoms with Crippen LogP contribution in [0, 0.1) is 0 Å². The van der Waals surface area contributed by atoms with Crippen molar-refractivity contribution in [2.75, 3.05) is 14.2 Å². The fourth-order valence-corrected chi connectivity index (χ4v) is 4.54. The Morgan fingerprint density at radius 3 is 1.42 bits per heavy atom. The lowest BCUT2D eigenvalue weighted by atomic mass is 10.00. The second-order valence-electron chi connectivity index (χ2n) is 5.34. The molecule has 4 heteroatoms. The van der Waals surface area contributed by atoms with Gasteiger partial charge in [-0.05, 0) is 47.2 Å². The largest absolute Gasteiger partial charge is 0.495 e. The van der Waals surface area contributed by atoms with Gasteiger partial charge in [-0.15, -0.1) is 22.7 Å². The highest BCUT2D eigenvalue weighted by atomic mass is 32.1. The maximum atomic E-state index is 5.77. The van der Waals surface area contributed by atoms with E-state index in [-0.39, 0.29) is 0 Å². The van der Waals surface area contributed by atoms with Gasteiger partial charge in [0, 0.05) is 31.7 Å². The van der Waals surface area contributed by atoms with Crippen molar-refractivity contribution in [3.05, 3.63) is 59.3 Å². The zero-order valence-corrected chi connectivity index (χ0v) is 15.0. The predicted octanol–water partition coefficient (Wildman–Crippen LogP) is 6.31. The van der Waals surface area contributed by atoms with Crippen LogP contribution in [-0.2, 0) is 0 Å². The molecule has 120 valence electrons. The third-order valence-corrected chi connectivity index (χ3v) is 5.89. The van der Waals surface area contributed by atoms with Crippen LogP contribution >= 0.6 is 22.7 Å². The molecular formula is C20H16O2S2. The highest BCUT2D eigenvalue weighted by molar-refractivity contribution is 7.13. The van der Waals surface area contributed by atoms with Crippen LogP contribution in [0.25, 0.3) is 31.7 Å². The van der Waals surface area contributed by atoms with Gasteiger partial charge in [0.2, 0.25) is 0 Å². The second kappa shape index (κ2) is 6.30. The van der Waals surface area contributed by atoms with Gasteiger partial charge >= 0.3 is 0 Å². The minimum Gasteiger partial charge on any atom is -0.495 e. The lowest BCUT2D eigenvalue weighted by molar-refractivity contribution is 0.417. The van der Waals surface area contributed by atoms with E-state index in [1.807, 2.05) is 0 Å². The molecule has 0 radical (unpaired) electrons. The Balaban J connectivity index is 2.00. The van der Waals surface area contributed by atoms with E-state index >= 15 is 0 Å². The van der Waals surface area contributed by atoms with E-state index < -0.39 is 0 Å². The smallest absolute Gasteiger partial charge is 0.135 e. The van der Waals surface area contributed by atoms with Crippen LogP contribution in [-0.4, -0.2) is 14.2 Å². The summed E-state index contributed by atoms with van der Waals surface area (Å²) in [5.74, 6) is 1.79. The molecule has 0 N–H and O–H groups in total. The first kappa shape index (κ1) is 15.2. The van der Waals surface area contributed by atoms with Gasteiger partial charge in [-0.25, -0.2) is 0 Å². The van der Waals surface area contributed by atoms with Crippen molar-refractivity contribution in [3.8, 4) is 32.4 Å². The first-order valence-electron chi connectivity index (χ1n) is 7.59. The number of rotatable bonds is 4. The van der Waals surface area contributed by atoms with E-state index in [1.165, 1.54) is 9.75 Å². The normalized spacial score (nSPS) is 10.9. The summed E-state index contributed by atoms with van der Waals surface area (Å²) in [6, 6.07) is 16.8. The average molecular weight is 352 g/mol. The lowest BCUT2D eigenvalue weighted by Crippen LogP contribution is -1.93. The maximum Gasteiger partial charge on any atom is 0.135 e. The lowest BCUT2D eigenvalue weighted by Gasteiger charge is -2.15. The Morgan fingerprint density at radius 2 is 1.08 bits per heavy atom. The molecule has 0 saturated heterocycles. The molecule has 2 heterocycles. The van der Waals surface area contributed by atoms with Crippen LogP contribution in [0.3, 0.4) is 0 Å². The van der Waals surface area contributed by atoms with Gasteiger partial charge in [0.25, 0.3) is 0 Å². The zero-order chi connectivity index (χ0) is 16.5. The molecule has 2 nitrogen and oxygen atoms in total. The van der Waals surface area contributed by atoms with Gasteiger partial charge in [0.05, 0.1) is 14.2 Å². The molecule has 24 heavy (non-hydrogen) atoms. The van der Waals surface area contributed by atoms with Crippen molar-refractivity contribution in [3.63, 3.8) is 0 Å². The van der Waals surface area contributed by atoms with Gasteiger partial charge in [-0.3, -0.25) is 0 Å². The summed E-state index contributed by atoms with van der Waals surface area (Å²) in [6.45, 7) is 0. The van der Waals surface area contributed by atoms with E-state index in [2.05, 4.69) is 59.3 Å². The van der Waals surface area contributed by atoms with Crippen molar-refractivity contribution >= 4 is 33.4 Å². The molecule has 4 rings (SSSR count). The number of thiophene rings is 2. The maximum absolute atomic E-state index is 5.77. The minimum absolute atomic E-state index is 0.894.